The van der Waals surface area contributed by atoms with Crippen LogP contribution in [0, 0.1) is 6.92 Å². The van der Waals surface area contributed by atoms with Crippen molar-refractivity contribution in [3.63, 3.8) is 0 Å². The summed E-state index contributed by atoms with van der Waals surface area (Å²) in [7, 11) is 1.71. The van der Waals surface area contributed by atoms with Crippen molar-refractivity contribution in [3.05, 3.63) is 41.7 Å². The van der Waals surface area contributed by atoms with Gasteiger partial charge in [0.2, 0.25) is 0 Å². The van der Waals surface area contributed by atoms with Gasteiger partial charge in [-0.2, -0.15) is 15.4 Å². The third kappa shape index (κ3) is 1.93. The highest BCUT2D eigenvalue weighted by Crippen LogP contribution is 2.15. The van der Waals surface area contributed by atoms with Gasteiger partial charge in [0.1, 0.15) is 0 Å². The minimum Gasteiger partial charge on any atom is -0.310 e. The summed E-state index contributed by atoms with van der Waals surface area (Å²) in [6.45, 7) is 2.00. The molecule has 0 atom stereocenters. The lowest BCUT2D eigenvalue weighted by atomic mass is 10.2. The van der Waals surface area contributed by atoms with Gasteiger partial charge in [-0.05, 0) is 19.1 Å². The number of aromatic amines is 1. The number of aryl methyl sites for hydroxylation is 1. The predicted octanol–water partition coefficient (Wildman–Crippen LogP) is 1.39. The van der Waals surface area contributed by atoms with Gasteiger partial charge in [0.15, 0.2) is 5.69 Å². The molecule has 0 fully saturated rings. The Bertz CT molecular complexity index is 475. The third-order valence-corrected chi connectivity index (χ3v) is 2.36. The maximum absolute atomic E-state index is 11.9. The van der Waals surface area contributed by atoms with Crippen LogP contribution < -0.4 is 4.90 Å². The summed E-state index contributed by atoms with van der Waals surface area (Å²) < 4.78 is 0. The number of rotatable bonds is 2. The maximum Gasteiger partial charge on any atom is 0.280 e. The molecular weight excluding hydrogens is 204 g/mol. The molecule has 0 aliphatic carbocycles. The number of aromatic nitrogens is 3. The number of anilines is 1. The van der Waals surface area contributed by atoms with Crippen molar-refractivity contribution in [1.82, 2.24) is 15.4 Å². The Morgan fingerprint density at radius 3 is 2.56 bits per heavy atom. The molecule has 1 N–H and O–H groups in total. The lowest BCUT2D eigenvalue weighted by Crippen LogP contribution is -2.26. The largest absolute Gasteiger partial charge is 0.310 e. The summed E-state index contributed by atoms with van der Waals surface area (Å²) in [5.74, 6) is -0.183. The average Bonchev–Trinajstić information content (AvgIpc) is 2.81. The number of carbonyl (C=O) groups is 1. The molecular formula is C11H12N4O. The Hall–Kier alpha value is -2.17. The number of H-pyrrole nitrogens is 1. The van der Waals surface area contributed by atoms with E-state index in [0.29, 0.717) is 5.69 Å². The first-order valence-electron chi connectivity index (χ1n) is 4.89. The van der Waals surface area contributed by atoms with E-state index in [1.807, 2.05) is 31.2 Å². The van der Waals surface area contributed by atoms with Crippen molar-refractivity contribution in [2.24, 2.45) is 0 Å². The molecule has 5 nitrogen and oxygen atoms in total. The van der Waals surface area contributed by atoms with Crippen molar-refractivity contribution in [1.29, 1.82) is 0 Å². The summed E-state index contributed by atoms with van der Waals surface area (Å²) in [5, 5.41) is 9.78. The van der Waals surface area contributed by atoms with E-state index in [9.17, 15) is 4.79 Å². The second kappa shape index (κ2) is 4.14. The fraction of sp³-hybridized carbons (Fsp3) is 0.182. The van der Waals surface area contributed by atoms with Crippen LogP contribution in [-0.4, -0.2) is 28.4 Å². The number of amides is 1. The zero-order chi connectivity index (χ0) is 11.5. The maximum atomic E-state index is 11.9. The van der Waals surface area contributed by atoms with Gasteiger partial charge in [-0.15, -0.1) is 0 Å². The number of nitrogens with zero attached hydrogens (tertiary/aromatic N) is 3. The lowest BCUT2D eigenvalue weighted by Gasteiger charge is -2.15. The standard InChI is InChI=1S/C11H12N4O/c1-8-3-5-9(6-4-8)15(2)11(16)10-7-12-14-13-10/h3-7H,1-2H3,(H,12,13,14). The van der Waals surface area contributed by atoms with Crippen molar-refractivity contribution in [2.75, 3.05) is 11.9 Å². The molecule has 0 saturated heterocycles. The molecule has 0 aliphatic heterocycles. The molecule has 0 bridgehead atoms. The first-order valence-corrected chi connectivity index (χ1v) is 4.89. The molecule has 1 amide bonds. The number of hydrogen-bond acceptors (Lipinski definition) is 3. The number of benzene rings is 1. The summed E-state index contributed by atoms with van der Waals surface area (Å²) in [4.78, 5) is 13.4. The van der Waals surface area contributed by atoms with E-state index in [0.717, 1.165) is 11.3 Å². The van der Waals surface area contributed by atoms with Gasteiger partial charge in [-0.25, -0.2) is 0 Å². The van der Waals surface area contributed by atoms with Crippen LogP contribution in [0.1, 0.15) is 16.1 Å². The van der Waals surface area contributed by atoms with Gasteiger partial charge in [0.25, 0.3) is 5.91 Å². The van der Waals surface area contributed by atoms with Gasteiger partial charge in [-0.3, -0.25) is 4.79 Å². The van der Waals surface area contributed by atoms with Crippen LogP contribution in [0.4, 0.5) is 5.69 Å². The van der Waals surface area contributed by atoms with E-state index < -0.39 is 0 Å². The molecule has 1 heterocycles. The molecule has 1 aromatic heterocycles. The minimum atomic E-state index is -0.183. The second-order valence-corrected chi connectivity index (χ2v) is 3.55. The minimum absolute atomic E-state index is 0.183. The molecule has 2 rings (SSSR count). The van der Waals surface area contributed by atoms with Gasteiger partial charge < -0.3 is 4.90 Å². The Morgan fingerprint density at radius 1 is 1.31 bits per heavy atom. The fourth-order valence-electron chi connectivity index (χ4n) is 1.36. The average molecular weight is 216 g/mol. The monoisotopic (exact) mass is 216 g/mol. The van der Waals surface area contributed by atoms with Gasteiger partial charge >= 0.3 is 0 Å². The van der Waals surface area contributed by atoms with Gasteiger partial charge in [0, 0.05) is 12.7 Å². The Morgan fingerprint density at radius 2 is 2.00 bits per heavy atom. The quantitative estimate of drug-likeness (QED) is 0.825. The van der Waals surface area contributed by atoms with E-state index >= 15 is 0 Å². The summed E-state index contributed by atoms with van der Waals surface area (Å²) >= 11 is 0. The molecule has 0 spiro atoms. The molecule has 82 valence electrons. The first-order chi connectivity index (χ1) is 7.68. The highest BCUT2D eigenvalue weighted by Gasteiger charge is 2.15. The Kier molecular flexibility index (Phi) is 2.68. The van der Waals surface area contributed by atoms with E-state index in [2.05, 4.69) is 15.4 Å². The SMILES string of the molecule is Cc1ccc(N(C)C(=O)c2cn[nH]n2)cc1. The van der Waals surface area contributed by atoms with Crippen LogP contribution >= 0.6 is 0 Å². The molecule has 16 heavy (non-hydrogen) atoms. The molecule has 0 aliphatic rings. The molecule has 0 saturated carbocycles. The Balaban J connectivity index is 2.22. The highest BCUT2D eigenvalue weighted by atomic mass is 16.2. The van der Waals surface area contributed by atoms with Crippen LogP contribution in [0.5, 0.6) is 0 Å². The second-order valence-electron chi connectivity index (χ2n) is 3.55. The van der Waals surface area contributed by atoms with Gasteiger partial charge in [-0.1, -0.05) is 17.7 Å². The topological polar surface area (TPSA) is 61.9 Å². The van der Waals surface area contributed by atoms with E-state index in [-0.39, 0.29) is 5.91 Å². The summed E-state index contributed by atoms with van der Waals surface area (Å²) in [6.07, 6.45) is 1.41. The lowest BCUT2D eigenvalue weighted by molar-refractivity contribution is 0.0988. The smallest absolute Gasteiger partial charge is 0.280 e. The van der Waals surface area contributed by atoms with Crippen LogP contribution in [0.3, 0.4) is 0 Å². The zero-order valence-corrected chi connectivity index (χ0v) is 9.14. The summed E-state index contributed by atoms with van der Waals surface area (Å²) in [5.41, 5.74) is 2.30. The third-order valence-electron chi connectivity index (χ3n) is 2.36. The summed E-state index contributed by atoms with van der Waals surface area (Å²) in [6, 6.07) is 7.71. The van der Waals surface area contributed by atoms with Crippen LogP contribution in [0.2, 0.25) is 0 Å². The van der Waals surface area contributed by atoms with Crippen molar-refractivity contribution in [3.8, 4) is 0 Å². The zero-order valence-electron chi connectivity index (χ0n) is 9.14. The molecule has 5 heteroatoms. The van der Waals surface area contributed by atoms with Crippen LogP contribution in [0.15, 0.2) is 30.5 Å². The molecule has 0 radical (unpaired) electrons. The van der Waals surface area contributed by atoms with Crippen LogP contribution in [0.25, 0.3) is 0 Å². The molecule has 1 aromatic carbocycles. The molecule has 2 aromatic rings. The number of carbonyl (C=O) groups excluding carboxylic acids is 1. The number of hydrogen-bond donors (Lipinski definition) is 1. The van der Waals surface area contributed by atoms with Crippen molar-refractivity contribution < 1.29 is 4.79 Å². The number of nitrogens with one attached hydrogen (secondary N) is 1. The van der Waals surface area contributed by atoms with Crippen molar-refractivity contribution >= 4 is 11.6 Å². The Labute approximate surface area is 93.1 Å². The fourth-order valence-corrected chi connectivity index (χ4v) is 1.36. The normalized spacial score (nSPS) is 10.1. The van der Waals surface area contributed by atoms with Gasteiger partial charge in [0.05, 0.1) is 6.20 Å². The van der Waals surface area contributed by atoms with E-state index in [1.165, 1.54) is 11.1 Å². The van der Waals surface area contributed by atoms with E-state index in [1.54, 1.807) is 7.05 Å². The first kappa shape index (κ1) is 10.4. The predicted molar refractivity (Wildman–Crippen MR) is 60.3 cm³/mol. The highest BCUT2D eigenvalue weighted by molar-refractivity contribution is 6.04. The van der Waals surface area contributed by atoms with E-state index in [4.69, 9.17) is 0 Å². The van der Waals surface area contributed by atoms with Crippen LogP contribution in [-0.2, 0) is 0 Å². The van der Waals surface area contributed by atoms with Crippen molar-refractivity contribution in [2.45, 2.75) is 6.92 Å². The molecule has 0 unspecified atom stereocenters.